The smallest absolute Gasteiger partial charge is 0.375 e. The van der Waals surface area contributed by atoms with E-state index >= 15 is 0 Å². The highest BCUT2D eigenvalue weighted by Crippen LogP contribution is 2.69. The first-order valence-electron chi connectivity index (χ1n) is 14.6. The summed E-state index contributed by atoms with van der Waals surface area (Å²) < 4.78 is 16.7. The van der Waals surface area contributed by atoms with E-state index in [0.717, 1.165) is 38.5 Å². The highest BCUT2D eigenvalue weighted by Gasteiger charge is 2.65. The number of aryl methyl sites for hydroxylation is 1. The van der Waals surface area contributed by atoms with Crippen LogP contribution in [-0.2, 0) is 25.5 Å². The van der Waals surface area contributed by atoms with Crippen molar-refractivity contribution in [2.24, 2.45) is 46.3 Å². The summed E-state index contributed by atoms with van der Waals surface area (Å²) in [4.78, 5) is 35.7. The van der Waals surface area contributed by atoms with E-state index in [0.29, 0.717) is 47.6 Å². The number of nitrogens with one attached hydrogen (secondary N) is 1. The maximum absolute atomic E-state index is 12.4. The lowest BCUT2D eigenvalue weighted by Crippen LogP contribution is -2.59. The van der Waals surface area contributed by atoms with E-state index in [1.807, 2.05) is 0 Å². The Balaban J connectivity index is 1.37. The molecule has 4 aliphatic carbocycles. The summed E-state index contributed by atoms with van der Waals surface area (Å²) in [5.74, 6) is 2.68. The number of aromatic amines is 1. The van der Waals surface area contributed by atoms with E-state index in [9.17, 15) is 14.4 Å². The molecular formula is C30H44ClNO6. The van der Waals surface area contributed by atoms with Crippen LogP contribution in [0.2, 0.25) is 5.02 Å². The molecule has 0 amide bonds. The minimum Gasteiger partial charge on any atom is -0.463 e. The average molecular weight is 550 g/mol. The highest BCUT2D eigenvalue weighted by molar-refractivity contribution is 6.30. The molecule has 4 aliphatic rings. The van der Waals surface area contributed by atoms with Crippen LogP contribution in [0.1, 0.15) is 98.1 Å². The number of halogens is 1. The van der Waals surface area contributed by atoms with Gasteiger partial charge in [0.15, 0.2) is 5.02 Å². The Hall–Kier alpha value is -1.76. The van der Waals surface area contributed by atoms with Gasteiger partial charge in [-0.15, -0.1) is 0 Å². The maximum Gasteiger partial charge on any atom is 0.375 e. The molecule has 212 valence electrons. The van der Waals surface area contributed by atoms with Gasteiger partial charge in [-0.05, 0) is 105 Å². The van der Waals surface area contributed by atoms with Crippen molar-refractivity contribution < 1.29 is 23.6 Å². The zero-order chi connectivity index (χ0) is 27.4. The molecule has 8 heteroatoms. The van der Waals surface area contributed by atoms with Crippen LogP contribution in [0.5, 0.6) is 0 Å². The highest BCUT2D eigenvalue weighted by atomic mass is 35.5. The number of H-pyrrole nitrogens is 1. The second-order valence-electron chi connectivity index (χ2n) is 13.3. The van der Waals surface area contributed by atoms with E-state index in [-0.39, 0.29) is 40.0 Å². The van der Waals surface area contributed by atoms with Crippen molar-refractivity contribution in [3.8, 4) is 0 Å². The monoisotopic (exact) mass is 549 g/mol. The number of rotatable bonds is 6. The molecule has 0 spiro atoms. The molecule has 0 aliphatic heterocycles. The van der Waals surface area contributed by atoms with Gasteiger partial charge in [-0.2, -0.15) is 0 Å². The zero-order valence-corrected chi connectivity index (χ0v) is 24.3. The third kappa shape index (κ3) is 4.65. The molecule has 1 heterocycles. The Bertz CT molecular complexity index is 1110. The Morgan fingerprint density at radius 3 is 2.45 bits per heavy atom. The lowest BCUT2D eigenvalue weighted by molar-refractivity contribution is -0.197. The minimum absolute atomic E-state index is 0.0376. The van der Waals surface area contributed by atoms with Gasteiger partial charge in [0.25, 0.3) is 0 Å². The largest absolute Gasteiger partial charge is 0.463 e. The van der Waals surface area contributed by atoms with Gasteiger partial charge in [0.2, 0.25) is 0 Å². The van der Waals surface area contributed by atoms with Crippen molar-refractivity contribution in [1.82, 2.24) is 5.16 Å². The van der Waals surface area contributed by atoms with Gasteiger partial charge < -0.3 is 14.0 Å². The van der Waals surface area contributed by atoms with Crippen LogP contribution in [0.25, 0.3) is 0 Å². The number of carbonyl (C=O) groups excluding carboxylic acids is 2. The van der Waals surface area contributed by atoms with Gasteiger partial charge in [0.05, 0.1) is 5.69 Å². The van der Waals surface area contributed by atoms with E-state index in [4.69, 9.17) is 25.6 Å². The summed E-state index contributed by atoms with van der Waals surface area (Å²) in [6.45, 7) is 10.2. The molecule has 1 N–H and O–H groups in total. The van der Waals surface area contributed by atoms with Crippen LogP contribution in [0.15, 0.2) is 9.32 Å². The summed E-state index contributed by atoms with van der Waals surface area (Å²) in [6.07, 6.45) is 10.1. The topological polar surface area (TPSA) is 98.6 Å². The third-order valence-electron chi connectivity index (χ3n) is 11.7. The van der Waals surface area contributed by atoms with Crippen LogP contribution in [0, 0.1) is 46.3 Å². The van der Waals surface area contributed by atoms with Gasteiger partial charge in [-0.25, -0.2) is 9.95 Å². The lowest BCUT2D eigenvalue weighted by atomic mass is 9.43. The molecule has 38 heavy (non-hydrogen) atoms. The minimum atomic E-state index is -0.513. The van der Waals surface area contributed by atoms with E-state index in [1.165, 1.54) is 26.2 Å². The van der Waals surface area contributed by atoms with Crippen molar-refractivity contribution in [3.63, 3.8) is 0 Å². The summed E-state index contributed by atoms with van der Waals surface area (Å²) in [7, 11) is 0. The molecule has 4 saturated carbocycles. The summed E-state index contributed by atoms with van der Waals surface area (Å²) >= 11 is 6.13. The van der Waals surface area contributed by atoms with Crippen molar-refractivity contribution >= 4 is 23.5 Å². The SMILES string of the molecule is CC(=O)O[C@@H]1CC[C@@]2(C)[C@H](CC[C@@H]3[C@@H]2C[C@H](OC(C)=O)[C@]2(C)[C@@H]([C@H](C)CCc4[nH]oc(=O)c4Cl)CC[C@@H]32)C1. The third-order valence-corrected chi connectivity index (χ3v) is 12.0. The van der Waals surface area contributed by atoms with E-state index < -0.39 is 5.63 Å². The molecule has 5 rings (SSSR count). The molecule has 0 aromatic carbocycles. The van der Waals surface area contributed by atoms with Crippen molar-refractivity contribution in [3.05, 3.63) is 21.1 Å². The first-order valence-corrected chi connectivity index (χ1v) is 15.0. The Morgan fingerprint density at radius 1 is 1.05 bits per heavy atom. The lowest BCUT2D eigenvalue weighted by Gasteiger charge is -2.62. The molecule has 0 unspecified atom stereocenters. The predicted octanol–water partition coefficient (Wildman–Crippen LogP) is 6.32. The Labute approximate surface area is 230 Å². The molecule has 4 fully saturated rings. The molecule has 0 saturated heterocycles. The van der Waals surface area contributed by atoms with Crippen LogP contribution >= 0.6 is 11.6 Å². The molecular weight excluding hydrogens is 506 g/mol. The van der Waals surface area contributed by atoms with Crippen molar-refractivity contribution in [1.29, 1.82) is 0 Å². The van der Waals surface area contributed by atoms with Crippen LogP contribution in [-0.4, -0.2) is 29.3 Å². The van der Waals surface area contributed by atoms with Crippen molar-refractivity contribution in [2.75, 3.05) is 0 Å². The number of carbonyl (C=O) groups is 2. The Morgan fingerprint density at radius 2 is 1.79 bits per heavy atom. The van der Waals surface area contributed by atoms with Crippen LogP contribution in [0.3, 0.4) is 0 Å². The van der Waals surface area contributed by atoms with Gasteiger partial charge in [0.1, 0.15) is 12.2 Å². The number of hydrogen-bond donors (Lipinski definition) is 1. The van der Waals surface area contributed by atoms with E-state index in [2.05, 4.69) is 25.9 Å². The normalized spacial score (nSPS) is 40.9. The molecule has 10 atom stereocenters. The number of ether oxygens (including phenoxy) is 2. The van der Waals surface area contributed by atoms with Gasteiger partial charge >= 0.3 is 17.6 Å². The quantitative estimate of drug-likeness (QED) is 0.417. The van der Waals surface area contributed by atoms with Crippen LogP contribution in [0.4, 0.5) is 0 Å². The standard InChI is InChI=1S/C30H44ClNO6/c1-16(6-11-25-27(31)28(35)38-32-25)22-9-10-23-21-8-7-19-14-20(36-17(2)33)12-13-29(19,4)24(21)15-26(30(22,23)5)37-18(3)34/h16,19-24,26,32H,6-15H2,1-5H3/t16-,19-,20-,21+,22-,23+,24+,26+,29+,30-/m1/s1. The molecule has 0 bridgehead atoms. The number of esters is 2. The molecule has 7 nitrogen and oxygen atoms in total. The second kappa shape index (κ2) is 10.3. The van der Waals surface area contributed by atoms with Gasteiger partial charge in [0, 0.05) is 19.3 Å². The second-order valence-corrected chi connectivity index (χ2v) is 13.7. The van der Waals surface area contributed by atoms with E-state index in [1.54, 1.807) is 6.92 Å². The van der Waals surface area contributed by atoms with Gasteiger partial charge in [-0.3, -0.25) is 9.59 Å². The summed E-state index contributed by atoms with van der Waals surface area (Å²) in [5, 5.41) is 2.84. The fraction of sp³-hybridized carbons (Fsp3) is 0.833. The molecule has 1 aromatic heterocycles. The predicted molar refractivity (Wildman–Crippen MR) is 144 cm³/mol. The summed E-state index contributed by atoms with van der Waals surface area (Å²) in [6, 6.07) is 0. The van der Waals surface area contributed by atoms with Crippen LogP contribution < -0.4 is 5.63 Å². The first kappa shape index (κ1) is 27.8. The average Bonchev–Trinajstić information content (AvgIpc) is 3.37. The maximum atomic E-state index is 12.4. The number of fused-ring (bicyclic) bond motifs is 5. The molecule has 1 aromatic rings. The van der Waals surface area contributed by atoms with Crippen molar-refractivity contribution in [2.45, 2.75) is 111 Å². The Kier molecular flexibility index (Phi) is 7.56. The zero-order valence-electron chi connectivity index (χ0n) is 23.5. The first-order chi connectivity index (χ1) is 17.9. The summed E-state index contributed by atoms with van der Waals surface area (Å²) in [5.41, 5.74) is 0.269. The fourth-order valence-corrected chi connectivity index (χ4v) is 10.1. The number of hydrogen-bond acceptors (Lipinski definition) is 6. The fourth-order valence-electron chi connectivity index (χ4n) is 9.89. The molecule has 0 radical (unpaired) electrons. The van der Waals surface area contributed by atoms with Gasteiger partial charge in [-0.1, -0.05) is 32.4 Å². The number of aromatic nitrogens is 1.